The first kappa shape index (κ1) is 14.1. The quantitative estimate of drug-likeness (QED) is 0.926. The van der Waals surface area contributed by atoms with Gasteiger partial charge in [0.2, 0.25) is 11.8 Å². The van der Waals surface area contributed by atoms with Crippen LogP contribution in [0.1, 0.15) is 44.7 Å². The van der Waals surface area contributed by atoms with E-state index in [0.29, 0.717) is 18.9 Å². The highest BCUT2D eigenvalue weighted by atomic mass is 16.2. The molecule has 2 fully saturated rings. The molecule has 1 unspecified atom stereocenters. The van der Waals surface area contributed by atoms with Crippen molar-refractivity contribution >= 4 is 11.8 Å². The summed E-state index contributed by atoms with van der Waals surface area (Å²) >= 11 is 0. The molecular weight excluding hydrogens is 264 g/mol. The zero-order valence-corrected chi connectivity index (χ0v) is 12.6. The van der Waals surface area contributed by atoms with E-state index in [1.807, 2.05) is 35.2 Å². The molecule has 1 aliphatic heterocycles. The van der Waals surface area contributed by atoms with Gasteiger partial charge in [-0.3, -0.25) is 9.59 Å². The SMILES string of the molecule is CC(C)(C1CC1)N1CCC(=O)NC(c2ccccc2)C1=O. The summed E-state index contributed by atoms with van der Waals surface area (Å²) in [6.07, 6.45) is 2.73. The molecule has 1 atom stereocenters. The van der Waals surface area contributed by atoms with Gasteiger partial charge >= 0.3 is 0 Å². The summed E-state index contributed by atoms with van der Waals surface area (Å²) in [4.78, 5) is 26.9. The second-order valence-corrected chi connectivity index (χ2v) is 6.58. The van der Waals surface area contributed by atoms with Crippen molar-refractivity contribution in [1.82, 2.24) is 10.2 Å². The Bertz CT molecular complexity index is 549. The van der Waals surface area contributed by atoms with Gasteiger partial charge in [0, 0.05) is 18.5 Å². The van der Waals surface area contributed by atoms with Crippen LogP contribution in [0.15, 0.2) is 30.3 Å². The zero-order chi connectivity index (χ0) is 15.0. The summed E-state index contributed by atoms with van der Waals surface area (Å²) in [6, 6.07) is 8.96. The van der Waals surface area contributed by atoms with Crippen molar-refractivity contribution in [3.63, 3.8) is 0 Å². The predicted molar refractivity (Wildman–Crippen MR) is 80.5 cm³/mol. The Hall–Kier alpha value is -1.84. The lowest BCUT2D eigenvalue weighted by Gasteiger charge is -2.39. The first-order valence-corrected chi connectivity index (χ1v) is 7.66. The van der Waals surface area contributed by atoms with E-state index in [1.165, 1.54) is 12.8 Å². The van der Waals surface area contributed by atoms with E-state index in [4.69, 9.17) is 0 Å². The number of nitrogens with one attached hydrogen (secondary N) is 1. The van der Waals surface area contributed by atoms with Gasteiger partial charge in [-0.25, -0.2) is 0 Å². The van der Waals surface area contributed by atoms with Crippen molar-refractivity contribution < 1.29 is 9.59 Å². The molecule has 1 N–H and O–H groups in total. The van der Waals surface area contributed by atoms with Gasteiger partial charge in [0.1, 0.15) is 6.04 Å². The fourth-order valence-electron chi connectivity index (χ4n) is 3.23. The molecule has 1 aromatic rings. The Morgan fingerprint density at radius 1 is 1.14 bits per heavy atom. The molecule has 4 nitrogen and oxygen atoms in total. The van der Waals surface area contributed by atoms with Crippen molar-refractivity contribution in [2.24, 2.45) is 5.92 Å². The van der Waals surface area contributed by atoms with Crippen LogP contribution in [0, 0.1) is 5.92 Å². The number of carbonyl (C=O) groups is 2. The molecule has 2 aliphatic rings. The summed E-state index contributed by atoms with van der Waals surface area (Å²) in [6.45, 7) is 4.76. The lowest BCUT2D eigenvalue weighted by atomic mass is 9.94. The zero-order valence-electron chi connectivity index (χ0n) is 12.6. The van der Waals surface area contributed by atoms with Gasteiger partial charge in [0.25, 0.3) is 0 Å². The van der Waals surface area contributed by atoms with Crippen LogP contribution < -0.4 is 5.32 Å². The summed E-state index contributed by atoms with van der Waals surface area (Å²) in [7, 11) is 0. The predicted octanol–water partition coefficient (Wildman–Crippen LogP) is 2.26. The first-order valence-electron chi connectivity index (χ1n) is 7.66. The maximum absolute atomic E-state index is 13.0. The minimum Gasteiger partial charge on any atom is -0.340 e. The van der Waals surface area contributed by atoms with Crippen molar-refractivity contribution in [1.29, 1.82) is 0 Å². The number of nitrogens with zero attached hydrogens (tertiary/aromatic N) is 1. The number of hydrogen-bond acceptors (Lipinski definition) is 2. The van der Waals surface area contributed by atoms with E-state index in [-0.39, 0.29) is 17.4 Å². The van der Waals surface area contributed by atoms with Gasteiger partial charge in [0.15, 0.2) is 0 Å². The molecule has 1 heterocycles. The highest BCUT2D eigenvalue weighted by Gasteiger charge is 2.46. The molecule has 112 valence electrons. The van der Waals surface area contributed by atoms with Crippen LogP contribution in [0.2, 0.25) is 0 Å². The molecule has 4 heteroatoms. The fourth-order valence-corrected chi connectivity index (χ4v) is 3.23. The Morgan fingerprint density at radius 3 is 2.43 bits per heavy atom. The maximum atomic E-state index is 13.0. The third kappa shape index (κ3) is 2.67. The average molecular weight is 286 g/mol. The molecule has 1 aliphatic carbocycles. The van der Waals surface area contributed by atoms with Gasteiger partial charge in [0.05, 0.1) is 0 Å². The Balaban J connectivity index is 1.92. The Morgan fingerprint density at radius 2 is 1.81 bits per heavy atom. The highest BCUT2D eigenvalue weighted by Crippen LogP contribution is 2.43. The van der Waals surface area contributed by atoms with Crippen molar-refractivity contribution in [3.8, 4) is 0 Å². The van der Waals surface area contributed by atoms with Gasteiger partial charge in [-0.15, -0.1) is 0 Å². The smallest absolute Gasteiger partial charge is 0.250 e. The van der Waals surface area contributed by atoms with E-state index in [2.05, 4.69) is 19.2 Å². The third-order valence-electron chi connectivity index (χ3n) is 4.79. The highest BCUT2D eigenvalue weighted by molar-refractivity contribution is 5.91. The first-order chi connectivity index (χ1) is 10.00. The van der Waals surface area contributed by atoms with Crippen LogP contribution in [0.5, 0.6) is 0 Å². The summed E-state index contributed by atoms with van der Waals surface area (Å²) < 4.78 is 0. The molecule has 2 amide bonds. The molecule has 3 rings (SSSR count). The molecule has 0 radical (unpaired) electrons. The number of rotatable bonds is 3. The fraction of sp³-hybridized carbons (Fsp3) is 0.529. The van der Waals surface area contributed by atoms with Crippen LogP contribution in [-0.2, 0) is 9.59 Å². The number of carbonyl (C=O) groups excluding carboxylic acids is 2. The standard InChI is InChI=1S/C17H22N2O2/c1-17(2,13-8-9-13)19-11-10-14(20)18-15(16(19)21)12-6-4-3-5-7-12/h3-7,13,15H,8-11H2,1-2H3,(H,18,20). The summed E-state index contributed by atoms with van der Waals surface area (Å²) in [5, 5.41) is 2.88. The molecule has 1 saturated heterocycles. The van der Waals surface area contributed by atoms with E-state index in [0.717, 1.165) is 5.56 Å². The Kier molecular flexibility index (Phi) is 3.47. The summed E-state index contributed by atoms with van der Waals surface area (Å²) in [5.74, 6) is 0.529. The van der Waals surface area contributed by atoms with Crippen LogP contribution >= 0.6 is 0 Å². The topological polar surface area (TPSA) is 49.4 Å². The Labute approximate surface area is 125 Å². The number of hydrogen-bond donors (Lipinski definition) is 1. The normalized spacial score (nSPS) is 23.7. The van der Waals surface area contributed by atoms with Crippen LogP contribution in [0.3, 0.4) is 0 Å². The van der Waals surface area contributed by atoms with E-state index >= 15 is 0 Å². The third-order valence-corrected chi connectivity index (χ3v) is 4.79. The average Bonchev–Trinajstić information content (AvgIpc) is 3.29. The van der Waals surface area contributed by atoms with Gasteiger partial charge in [-0.2, -0.15) is 0 Å². The van der Waals surface area contributed by atoms with Crippen molar-refractivity contribution in [2.75, 3.05) is 6.54 Å². The lowest BCUT2D eigenvalue weighted by molar-refractivity contribution is -0.139. The monoisotopic (exact) mass is 286 g/mol. The molecule has 0 bridgehead atoms. The molecule has 1 aromatic carbocycles. The van der Waals surface area contributed by atoms with Crippen molar-refractivity contribution in [3.05, 3.63) is 35.9 Å². The number of amides is 2. The van der Waals surface area contributed by atoms with E-state index in [9.17, 15) is 9.59 Å². The van der Waals surface area contributed by atoms with Gasteiger partial charge in [-0.05, 0) is 38.2 Å². The largest absolute Gasteiger partial charge is 0.340 e. The van der Waals surface area contributed by atoms with Crippen molar-refractivity contribution in [2.45, 2.75) is 44.7 Å². The molecular formula is C17H22N2O2. The summed E-state index contributed by atoms with van der Waals surface area (Å²) in [5.41, 5.74) is 0.686. The van der Waals surface area contributed by atoms with Gasteiger partial charge in [-0.1, -0.05) is 30.3 Å². The molecule has 0 spiro atoms. The molecule has 1 saturated carbocycles. The van der Waals surface area contributed by atoms with E-state index < -0.39 is 6.04 Å². The lowest BCUT2D eigenvalue weighted by Crippen LogP contribution is -2.51. The molecule has 0 aromatic heterocycles. The number of benzene rings is 1. The van der Waals surface area contributed by atoms with Crippen LogP contribution in [0.25, 0.3) is 0 Å². The maximum Gasteiger partial charge on any atom is 0.250 e. The van der Waals surface area contributed by atoms with Gasteiger partial charge < -0.3 is 10.2 Å². The molecule has 21 heavy (non-hydrogen) atoms. The second-order valence-electron chi connectivity index (χ2n) is 6.58. The van der Waals surface area contributed by atoms with E-state index in [1.54, 1.807) is 0 Å². The van der Waals surface area contributed by atoms with Crippen LogP contribution in [0.4, 0.5) is 0 Å². The van der Waals surface area contributed by atoms with Crippen LogP contribution in [-0.4, -0.2) is 28.8 Å². The minimum absolute atomic E-state index is 0.0175. The second kappa shape index (κ2) is 5.17. The minimum atomic E-state index is -0.556.